The molecule has 5 nitrogen and oxygen atoms in total. The minimum absolute atomic E-state index is 0.125. The maximum absolute atomic E-state index is 10.5. The van der Waals surface area contributed by atoms with E-state index < -0.39 is 0 Å². The third-order valence-corrected chi connectivity index (χ3v) is 3.18. The van der Waals surface area contributed by atoms with Crippen LogP contribution in [0.25, 0.3) is 0 Å². The van der Waals surface area contributed by atoms with Crippen LogP contribution in [0.4, 0.5) is 5.00 Å². The van der Waals surface area contributed by atoms with Gasteiger partial charge in [-0.15, -0.1) is 0 Å². The summed E-state index contributed by atoms with van der Waals surface area (Å²) < 4.78 is 0. The fraction of sp³-hybridized carbons (Fsp3) is 0.600. The summed E-state index contributed by atoms with van der Waals surface area (Å²) in [5.74, 6) is 0. The van der Waals surface area contributed by atoms with Crippen LogP contribution in [-0.4, -0.2) is 23.6 Å². The van der Waals surface area contributed by atoms with Crippen LogP contribution in [-0.2, 0) is 6.42 Å². The largest absolute Gasteiger partial charge is 0.327 e. The average Bonchev–Trinajstić information content (AvgIpc) is 2.63. The summed E-state index contributed by atoms with van der Waals surface area (Å²) in [6.45, 7) is 4.75. The van der Waals surface area contributed by atoms with Gasteiger partial charge in [-0.25, -0.2) is 0 Å². The highest BCUT2D eigenvalue weighted by atomic mass is 32.1. The Labute approximate surface area is 98.8 Å². The summed E-state index contributed by atoms with van der Waals surface area (Å²) in [6, 6.07) is 3.77. The van der Waals surface area contributed by atoms with Gasteiger partial charge in [0.15, 0.2) is 0 Å². The Balaban J connectivity index is 2.43. The van der Waals surface area contributed by atoms with Crippen LogP contribution < -0.4 is 11.1 Å². The van der Waals surface area contributed by atoms with Crippen LogP contribution in [0.15, 0.2) is 12.1 Å². The van der Waals surface area contributed by atoms with Gasteiger partial charge in [-0.05, 0) is 26.3 Å². The fourth-order valence-corrected chi connectivity index (χ4v) is 2.28. The molecule has 90 valence electrons. The monoisotopic (exact) mass is 243 g/mol. The van der Waals surface area contributed by atoms with Gasteiger partial charge in [0.2, 0.25) is 0 Å². The quantitative estimate of drug-likeness (QED) is 0.586. The molecular weight excluding hydrogens is 226 g/mol. The van der Waals surface area contributed by atoms with Crippen molar-refractivity contribution < 1.29 is 4.92 Å². The number of hydrogen-bond donors (Lipinski definition) is 2. The normalized spacial score (nSPS) is 14.7. The zero-order valence-electron chi connectivity index (χ0n) is 9.47. The predicted octanol–water partition coefficient (Wildman–Crippen LogP) is 1.52. The highest BCUT2D eigenvalue weighted by Gasteiger charge is 2.11. The third-order valence-electron chi connectivity index (χ3n) is 2.12. The number of thiophene rings is 1. The fourth-order valence-electron chi connectivity index (χ4n) is 1.34. The summed E-state index contributed by atoms with van der Waals surface area (Å²) in [7, 11) is 0. The van der Waals surface area contributed by atoms with E-state index in [1.54, 1.807) is 6.07 Å². The molecule has 0 aliphatic rings. The molecule has 0 radical (unpaired) electrons. The third kappa shape index (κ3) is 4.26. The Morgan fingerprint density at radius 3 is 2.75 bits per heavy atom. The second-order valence-electron chi connectivity index (χ2n) is 3.99. The summed E-state index contributed by atoms with van der Waals surface area (Å²) in [4.78, 5) is 11.2. The van der Waals surface area contributed by atoms with Crippen molar-refractivity contribution in [3.8, 4) is 0 Å². The van der Waals surface area contributed by atoms with E-state index in [9.17, 15) is 10.1 Å². The number of nitrogens with zero attached hydrogens (tertiary/aromatic N) is 1. The summed E-state index contributed by atoms with van der Waals surface area (Å²) in [6.07, 6.45) is 0.797. The van der Waals surface area contributed by atoms with Gasteiger partial charge in [-0.3, -0.25) is 10.1 Å². The highest BCUT2D eigenvalue weighted by Crippen LogP contribution is 2.24. The molecule has 1 heterocycles. The average molecular weight is 243 g/mol. The molecule has 0 amide bonds. The first-order valence-corrected chi connectivity index (χ1v) is 6.02. The molecule has 3 N–H and O–H groups in total. The van der Waals surface area contributed by atoms with Crippen molar-refractivity contribution >= 4 is 16.3 Å². The second-order valence-corrected chi connectivity index (χ2v) is 5.13. The van der Waals surface area contributed by atoms with Crippen LogP contribution >= 0.6 is 11.3 Å². The van der Waals surface area contributed by atoms with Gasteiger partial charge < -0.3 is 11.1 Å². The van der Waals surface area contributed by atoms with Crippen molar-refractivity contribution in [2.45, 2.75) is 32.4 Å². The maximum Gasteiger partial charge on any atom is 0.324 e. The first-order valence-electron chi connectivity index (χ1n) is 5.21. The van der Waals surface area contributed by atoms with Crippen LogP contribution in [0.3, 0.4) is 0 Å². The Morgan fingerprint density at radius 2 is 2.25 bits per heavy atom. The van der Waals surface area contributed by atoms with Crippen LogP contribution in [0.2, 0.25) is 0 Å². The summed E-state index contributed by atoms with van der Waals surface area (Å²) in [5, 5.41) is 14.0. The molecule has 0 bridgehead atoms. The van der Waals surface area contributed by atoms with Crippen LogP contribution in [0.5, 0.6) is 0 Å². The van der Waals surface area contributed by atoms with Gasteiger partial charge in [0.25, 0.3) is 0 Å². The first kappa shape index (κ1) is 13.1. The Hall–Kier alpha value is -0.980. The number of rotatable bonds is 6. The zero-order valence-corrected chi connectivity index (χ0v) is 10.3. The molecule has 6 heteroatoms. The molecule has 1 rings (SSSR count). The Kier molecular flexibility index (Phi) is 4.85. The van der Waals surface area contributed by atoms with Crippen LogP contribution in [0.1, 0.15) is 18.7 Å². The van der Waals surface area contributed by atoms with Gasteiger partial charge in [-0.1, -0.05) is 11.3 Å². The van der Waals surface area contributed by atoms with Crippen molar-refractivity contribution in [3.05, 3.63) is 27.1 Å². The maximum atomic E-state index is 10.5. The molecule has 0 fully saturated rings. The smallest absolute Gasteiger partial charge is 0.324 e. The van der Waals surface area contributed by atoms with E-state index in [1.165, 1.54) is 11.3 Å². The van der Waals surface area contributed by atoms with E-state index >= 15 is 0 Å². The molecule has 1 aromatic rings. The van der Waals surface area contributed by atoms with Crippen molar-refractivity contribution in [1.29, 1.82) is 0 Å². The highest BCUT2D eigenvalue weighted by molar-refractivity contribution is 7.15. The first-order chi connectivity index (χ1) is 7.49. The van der Waals surface area contributed by atoms with Crippen molar-refractivity contribution in [2.75, 3.05) is 6.54 Å². The van der Waals surface area contributed by atoms with E-state index in [4.69, 9.17) is 5.73 Å². The lowest BCUT2D eigenvalue weighted by Gasteiger charge is -2.14. The lowest BCUT2D eigenvalue weighted by Crippen LogP contribution is -2.37. The van der Waals surface area contributed by atoms with Gasteiger partial charge in [-0.2, -0.15) is 0 Å². The molecule has 2 atom stereocenters. The number of hydrogen-bond acceptors (Lipinski definition) is 5. The molecule has 16 heavy (non-hydrogen) atoms. The Bertz CT molecular complexity index is 352. The van der Waals surface area contributed by atoms with Gasteiger partial charge >= 0.3 is 5.00 Å². The molecule has 0 saturated heterocycles. The SMILES string of the molecule is CC(N)CNC(C)Cc1ccc([N+](=O)[O-])s1. The topological polar surface area (TPSA) is 81.2 Å². The molecule has 0 aromatic carbocycles. The number of nitro groups is 1. The summed E-state index contributed by atoms with van der Waals surface area (Å²) in [5.41, 5.74) is 5.63. The van der Waals surface area contributed by atoms with E-state index in [0.29, 0.717) is 0 Å². The molecule has 0 spiro atoms. The predicted molar refractivity (Wildman–Crippen MR) is 65.8 cm³/mol. The standard InChI is InChI=1S/C10H17N3O2S/c1-7(11)6-12-8(2)5-9-3-4-10(16-9)13(14)15/h3-4,7-8,12H,5-6,11H2,1-2H3. The van der Waals surface area contributed by atoms with Crippen molar-refractivity contribution in [2.24, 2.45) is 5.73 Å². The van der Waals surface area contributed by atoms with Crippen LogP contribution in [0, 0.1) is 10.1 Å². The Morgan fingerprint density at radius 1 is 1.56 bits per heavy atom. The molecule has 2 unspecified atom stereocenters. The lowest BCUT2D eigenvalue weighted by molar-refractivity contribution is -0.380. The van der Waals surface area contributed by atoms with Crippen molar-refractivity contribution in [3.63, 3.8) is 0 Å². The van der Waals surface area contributed by atoms with E-state index in [1.807, 2.05) is 19.9 Å². The molecule has 1 aromatic heterocycles. The zero-order chi connectivity index (χ0) is 12.1. The summed E-state index contributed by atoms with van der Waals surface area (Å²) >= 11 is 1.23. The second kappa shape index (κ2) is 5.93. The van der Waals surface area contributed by atoms with Gasteiger partial charge in [0.1, 0.15) is 0 Å². The van der Waals surface area contributed by atoms with E-state index in [2.05, 4.69) is 5.32 Å². The van der Waals surface area contributed by atoms with Crippen molar-refractivity contribution in [1.82, 2.24) is 5.32 Å². The number of nitrogens with two attached hydrogens (primary N) is 1. The molecule has 0 saturated carbocycles. The van der Waals surface area contributed by atoms with Gasteiger partial charge in [0.05, 0.1) is 4.92 Å². The minimum Gasteiger partial charge on any atom is -0.327 e. The molecule has 0 aliphatic heterocycles. The molecule has 0 aliphatic carbocycles. The van der Waals surface area contributed by atoms with E-state index in [-0.39, 0.29) is 22.0 Å². The minimum atomic E-state index is -0.353. The lowest BCUT2D eigenvalue weighted by atomic mass is 10.2. The number of nitrogens with one attached hydrogen (secondary N) is 1. The van der Waals surface area contributed by atoms with E-state index in [0.717, 1.165) is 17.8 Å². The molecular formula is C10H17N3O2S. The van der Waals surface area contributed by atoms with Gasteiger partial charge in [0, 0.05) is 29.6 Å².